The van der Waals surface area contributed by atoms with Crippen molar-refractivity contribution in [2.24, 2.45) is 0 Å². The maximum absolute atomic E-state index is 12.1. The molecule has 1 N–H and O–H groups in total. The number of anilines is 1. The molecule has 1 aromatic heterocycles. The molecule has 2 rings (SSSR count). The zero-order chi connectivity index (χ0) is 13.8. The number of ether oxygens (including phenoxy) is 1. The van der Waals surface area contributed by atoms with E-state index in [0.717, 1.165) is 0 Å². The topological polar surface area (TPSA) is 64.1 Å². The van der Waals surface area contributed by atoms with Crippen LogP contribution in [-0.2, 0) is 0 Å². The molecule has 0 aliphatic carbocycles. The van der Waals surface area contributed by atoms with Crippen LogP contribution in [-0.4, -0.2) is 23.0 Å². The summed E-state index contributed by atoms with van der Waals surface area (Å²) in [4.78, 5) is 20.1. The number of nitrogens with one attached hydrogen (secondary N) is 1. The van der Waals surface area contributed by atoms with Crippen molar-refractivity contribution < 1.29 is 9.53 Å². The fourth-order valence-electron chi connectivity index (χ4n) is 1.37. The van der Waals surface area contributed by atoms with Crippen molar-refractivity contribution in [3.05, 3.63) is 45.2 Å². The third-order valence-corrected chi connectivity index (χ3v) is 3.38. The van der Waals surface area contributed by atoms with Gasteiger partial charge in [0.15, 0.2) is 5.82 Å². The third kappa shape index (κ3) is 3.51. The Bertz CT molecular complexity index is 602. The summed E-state index contributed by atoms with van der Waals surface area (Å²) >= 11 is 6.50. The molecule has 1 aromatic carbocycles. The summed E-state index contributed by atoms with van der Waals surface area (Å²) in [6.45, 7) is 0. The number of hydrogen-bond donors (Lipinski definition) is 1. The van der Waals surface area contributed by atoms with Gasteiger partial charge in [0, 0.05) is 4.47 Å². The number of carbonyl (C=O) groups is 1. The fraction of sp³-hybridized carbons (Fsp3) is 0.0833. The van der Waals surface area contributed by atoms with E-state index in [4.69, 9.17) is 4.74 Å². The van der Waals surface area contributed by atoms with E-state index in [1.165, 1.54) is 12.4 Å². The number of amides is 1. The molecular formula is C12H9Br2N3O2. The second kappa shape index (κ2) is 6.12. The van der Waals surface area contributed by atoms with Crippen LogP contribution >= 0.6 is 31.9 Å². The molecule has 5 nitrogen and oxygen atoms in total. The minimum atomic E-state index is -0.289. The molecule has 0 spiro atoms. The standard InChI is InChI=1S/C12H9Br2N3O2/c1-19-7-2-3-9(13)8(4-7)12(18)17-11-6-15-10(14)5-16-11/h2-6H,1H3,(H,16,17,18). The second-order valence-corrected chi connectivity index (χ2v) is 5.19. The zero-order valence-corrected chi connectivity index (χ0v) is 13.0. The van der Waals surface area contributed by atoms with E-state index in [2.05, 4.69) is 47.1 Å². The smallest absolute Gasteiger partial charge is 0.258 e. The quantitative estimate of drug-likeness (QED) is 0.879. The average molecular weight is 387 g/mol. The van der Waals surface area contributed by atoms with E-state index in [9.17, 15) is 4.79 Å². The van der Waals surface area contributed by atoms with Crippen molar-refractivity contribution in [3.8, 4) is 5.75 Å². The minimum Gasteiger partial charge on any atom is -0.497 e. The molecule has 0 aliphatic heterocycles. The van der Waals surface area contributed by atoms with Crippen LogP contribution in [0.2, 0.25) is 0 Å². The van der Waals surface area contributed by atoms with E-state index >= 15 is 0 Å². The molecule has 0 bridgehead atoms. The number of hydrogen-bond acceptors (Lipinski definition) is 4. The van der Waals surface area contributed by atoms with Gasteiger partial charge in [-0.25, -0.2) is 9.97 Å². The highest BCUT2D eigenvalue weighted by Crippen LogP contribution is 2.23. The molecule has 0 saturated heterocycles. The Morgan fingerprint density at radius 2 is 2.05 bits per heavy atom. The van der Waals surface area contributed by atoms with Crippen LogP contribution in [0.25, 0.3) is 0 Å². The highest BCUT2D eigenvalue weighted by molar-refractivity contribution is 9.10. The predicted molar refractivity (Wildman–Crippen MR) is 78.4 cm³/mol. The Balaban J connectivity index is 2.22. The fourth-order valence-corrected chi connectivity index (χ4v) is 2.00. The lowest BCUT2D eigenvalue weighted by Crippen LogP contribution is -2.14. The molecule has 0 aliphatic rings. The summed E-state index contributed by atoms with van der Waals surface area (Å²) in [5, 5.41) is 2.66. The average Bonchev–Trinajstić information content (AvgIpc) is 2.42. The molecule has 19 heavy (non-hydrogen) atoms. The molecule has 0 atom stereocenters. The van der Waals surface area contributed by atoms with Gasteiger partial charge in [0.25, 0.3) is 5.91 Å². The number of rotatable bonds is 3. The van der Waals surface area contributed by atoms with Gasteiger partial charge < -0.3 is 10.1 Å². The molecule has 98 valence electrons. The van der Waals surface area contributed by atoms with Crippen LogP contribution < -0.4 is 10.1 Å². The number of nitrogens with zero attached hydrogens (tertiary/aromatic N) is 2. The number of carbonyl (C=O) groups excluding carboxylic acids is 1. The van der Waals surface area contributed by atoms with Crippen LogP contribution in [0.3, 0.4) is 0 Å². The van der Waals surface area contributed by atoms with Crippen molar-refractivity contribution in [2.75, 3.05) is 12.4 Å². The van der Waals surface area contributed by atoms with Gasteiger partial charge in [-0.3, -0.25) is 4.79 Å². The highest BCUT2D eigenvalue weighted by atomic mass is 79.9. The molecule has 2 aromatic rings. The number of halogens is 2. The largest absolute Gasteiger partial charge is 0.497 e. The van der Waals surface area contributed by atoms with Gasteiger partial charge in [-0.15, -0.1) is 0 Å². The Morgan fingerprint density at radius 3 is 2.68 bits per heavy atom. The third-order valence-electron chi connectivity index (χ3n) is 2.28. The van der Waals surface area contributed by atoms with Crippen molar-refractivity contribution in [1.82, 2.24) is 9.97 Å². The van der Waals surface area contributed by atoms with Gasteiger partial charge in [-0.2, -0.15) is 0 Å². The first-order valence-electron chi connectivity index (χ1n) is 5.22. The molecule has 0 fully saturated rings. The maximum atomic E-state index is 12.1. The number of benzene rings is 1. The molecule has 0 saturated carbocycles. The number of methoxy groups -OCH3 is 1. The van der Waals surface area contributed by atoms with Crippen molar-refractivity contribution in [1.29, 1.82) is 0 Å². The Hall–Kier alpha value is -1.47. The molecule has 7 heteroatoms. The molecule has 1 amide bonds. The van der Waals surface area contributed by atoms with Crippen LogP contribution in [0.15, 0.2) is 39.7 Å². The van der Waals surface area contributed by atoms with Gasteiger partial charge in [0.1, 0.15) is 10.4 Å². The van der Waals surface area contributed by atoms with E-state index in [-0.39, 0.29) is 5.91 Å². The van der Waals surface area contributed by atoms with Gasteiger partial charge in [-0.1, -0.05) is 0 Å². The normalized spacial score (nSPS) is 10.1. The van der Waals surface area contributed by atoms with Crippen molar-refractivity contribution >= 4 is 43.6 Å². The summed E-state index contributed by atoms with van der Waals surface area (Å²) in [6.07, 6.45) is 2.98. The van der Waals surface area contributed by atoms with Gasteiger partial charge >= 0.3 is 0 Å². The summed E-state index contributed by atoms with van der Waals surface area (Å²) < 4.78 is 6.37. The molecular weight excluding hydrogens is 378 g/mol. The first-order chi connectivity index (χ1) is 9.10. The van der Waals surface area contributed by atoms with Gasteiger partial charge in [-0.05, 0) is 50.1 Å². The lowest BCUT2D eigenvalue weighted by atomic mass is 10.2. The Labute approximate surface area is 126 Å². The maximum Gasteiger partial charge on any atom is 0.258 e. The Kier molecular flexibility index (Phi) is 4.49. The summed E-state index contributed by atoms with van der Waals surface area (Å²) in [7, 11) is 1.55. The first kappa shape index (κ1) is 14.0. The zero-order valence-electron chi connectivity index (χ0n) is 9.85. The summed E-state index contributed by atoms with van der Waals surface area (Å²) in [5.74, 6) is 0.695. The van der Waals surface area contributed by atoms with Crippen molar-refractivity contribution in [2.45, 2.75) is 0 Å². The second-order valence-electron chi connectivity index (χ2n) is 3.52. The molecule has 1 heterocycles. The van der Waals surface area contributed by atoms with E-state index in [1.54, 1.807) is 25.3 Å². The van der Waals surface area contributed by atoms with Crippen LogP contribution in [0.5, 0.6) is 5.75 Å². The van der Waals surface area contributed by atoms with Crippen LogP contribution in [0.4, 0.5) is 5.82 Å². The van der Waals surface area contributed by atoms with Crippen molar-refractivity contribution in [3.63, 3.8) is 0 Å². The highest BCUT2D eigenvalue weighted by Gasteiger charge is 2.12. The lowest BCUT2D eigenvalue weighted by Gasteiger charge is -2.07. The van der Waals surface area contributed by atoms with Crippen LogP contribution in [0.1, 0.15) is 10.4 Å². The monoisotopic (exact) mass is 385 g/mol. The Morgan fingerprint density at radius 1 is 1.26 bits per heavy atom. The summed E-state index contributed by atoms with van der Waals surface area (Å²) in [5.41, 5.74) is 0.462. The molecule has 0 radical (unpaired) electrons. The van der Waals surface area contributed by atoms with Crippen LogP contribution in [0, 0.1) is 0 Å². The number of aromatic nitrogens is 2. The SMILES string of the molecule is COc1ccc(Br)c(C(=O)Nc2cnc(Br)cn2)c1. The van der Waals surface area contributed by atoms with E-state index in [0.29, 0.717) is 26.2 Å². The van der Waals surface area contributed by atoms with E-state index in [1.807, 2.05) is 0 Å². The summed E-state index contributed by atoms with van der Waals surface area (Å²) in [6, 6.07) is 5.16. The van der Waals surface area contributed by atoms with E-state index < -0.39 is 0 Å². The van der Waals surface area contributed by atoms with Gasteiger partial charge in [0.05, 0.1) is 25.1 Å². The van der Waals surface area contributed by atoms with Gasteiger partial charge in [0.2, 0.25) is 0 Å². The first-order valence-corrected chi connectivity index (χ1v) is 6.81. The molecule has 0 unspecified atom stereocenters. The minimum absolute atomic E-state index is 0.289. The predicted octanol–water partition coefficient (Wildman–Crippen LogP) is 3.26. The lowest BCUT2D eigenvalue weighted by molar-refractivity contribution is 0.102.